The fourth-order valence-corrected chi connectivity index (χ4v) is 5.84. The van der Waals surface area contributed by atoms with E-state index in [2.05, 4.69) is 36.0 Å². The van der Waals surface area contributed by atoms with Gasteiger partial charge < -0.3 is 25.1 Å². The van der Waals surface area contributed by atoms with Gasteiger partial charge in [0.2, 0.25) is 15.9 Å². The predicted molar refractivity (Wildman–Crippen MR) is 146 cm³/mol. The van der Waals surface area contributed by atoms with Crippen molar-refractivity contribution in [3.05, 3.63) is 29.8 Å². The second-order valence-corrected chi connectivity index (χ2v) is 12.2. The first kappa shape index (κ1) is 33.9. The maximum absolute atomic E-state index is 13.5. The van der Waals surface area contributed by atoms with Crippen molar-refractivity contribution in [2.24, 2.45) is 0 Å². The Hall–Kier alpha value is -2.26. The summed E-state index contributed by atoms with van der Waals surface area (Å²) < 4.78 is 60.3. The van der Waals surface area contributed by atoms with Gasteiger partial charge in [0.1, 0.15) is 0 Å². The lowest BCUT2D eigenvalue weighted by Gasteiger charge is -2.33. The zero-order chi connectivity index (χ0) is 29.9. The van der Waals surface area contributed by atoms with Crippen LogP contribution in [0.15, 0.2) is 29.2 Å². The quantitative estimate of drug-likeness (QED) is 0.423. The lowest BCUT2D eigenvalue weighted by Crippen LogP contribution is -2.47. The van der Waals surface area contributed by atoms with Crippen molar-refractivity contribution >= 4 is 21.9 Å². The van der Waals surface area contributed by atoms with E-state index in [-0.39, 0.29) is 18.9 Å². The van der Waals surface area contributed by atoms with Crippen LogP contribution >= 0.6 is 0 Å². The lowest BCUT2D eigenvalue weighted by molar-refractivity contribution is -0.192. The number of carbonyl (C=O) groups is 2. The summed E-state index contributed by atoms with van der Waals surface area (Å²) in [6, 6.07) is 7.20. The molecule has 0 bridgehead atoms. The third kappa shape index (κ3) is 11.0. The summed E-state index contributed by atoms with van der Waals surface area (Å²) in [7, 11) is -1.53. The Morgan fingerprint density at radius 3 is 2.05 bits per heavy atom. The first-order valence-corrected chi connectivity index (χ1v) is 15.0. The number of carboxylic acid groups (broad SMARTS) is 1. The number of piperazine rings is 2. The Morgan fingerprint density at radius 1 is 1.00 bits per heavy atom. The van der Waals surface area contributed by atoms with E-state index in [4.69, 9.17) is 9.90 Å². The molecule has 2 aliphatic heterocycles. The number of nitrogens with one attached hydrogen (secondary N) is 1. The van der Waals surface area contributed by atoms with Crippen molar-refractivity contribution in [2.75, 3.05) is 79.0 Å². The molecule has 0 spiro atoms. The summed E-state index contributed by atoms with van der Waals surface area (Å²) in [4.78, 5) is 28.5. The molecule has 228 valence electrons. The molecule has 2 N–H and O–H groups in total. The van der Waals surface area contributed by atoms with Crippen LogP contribution in [0.3, 0.4) is 0 Å². The van der Waals surface area contributed by atoms with E-state index in [1.54, 1.807) is 12.1 Å². The van der Waals surface area contributed by atoms with E-state index in [1.807, 2.05) is 17.0 Å². The van der Waals surface area contributed by atoms with Crippen LogP contribution in [0.5, 0.6) is 0 Å². The molecule has 2 saturated heterocycles. The Balaban J connectivity index is 0.000000708. The number of alkyl halides is 3. The standard InChI is InChI=1S/C24H41N5O3S.C2HF3O2/c1-21(2)22-5-7-23(8-6-22)33(31,32)29(13-4-12-27-19-17-26(3)18-20-27)14-9-24(30)28-15-10-25-11-16-28;3-2(4,5)1(6)7/h5-8,21,25H,4,9-20H2,1-3H3;(H,6,7). The SMILES string of the molecule is CC(C)c1ccc(S(=O)(=O)N(CCCN2CCN(C)CC2)CCC(=O)N2CCNCC2)cc1.O=C(O)C(F)(F)F. The summed E-state index contributed by atoms with van der Waals surface area (Å²) in [5, 5.41) is 10.4. The van der Waals surface area contributed by atoms with Gasteiger partial charge in [0.25, 0.3) is 0 Å². The number of sulfonamides is 1. The average Bonchev–Trinajstić information content (AvgIpc) is 2.91. The third-order valence-electron chi connectivity index (χ3n) is 6.95. The molecule has 10 nitrogen and oxygen atoms in total. The van der Waals surface area contributed by atoms with Crippen molar-refractivity contribution in [1.29, 1.82) is 0 Å². The molecular formula is C26H42F3N5O5S. The van der Waals surface area contributed by atoms with E-state index in [0.29, 0.717) is 30.4 Å². The highest BCUT2D eigenvalue weighted by molar-refractivity contribution is 7.89. The second kappa shape index (κ2) is 15.7. The summed E-state index contributed by atoms with van der Waals surface area (Å²) in [5.74, 6) is -2.38. The van der Waals surface area contributed by atoms with E-state index in [9.17, 15) is 26.4 Å². The molecule has 0 saturated carbocycles. The molecular weight excluding hydrogens is 551 g/mol. The molecule has 0 atom stereocenters. The topological polar surface area (TPSA) is 114 Å². The second-order valence-electron chi connectivity index (χ2n) is 10.3. The Kier molecular flexibility index (Phi) is 13.3. The van der Waals surface area contributed by atoms with Crippen LogP contribution in [0, 0.1) is 0 Å². The number of hydrogen-bond donors (Lipinski definition) is 2. The molecule has 0 aromatic heterocycles. The van der Waals surface area contributed by atoms with Crippen LogP contribution in [-0.4, -0.2) is 130 Å². The van der Waals surface area contributed by atoms with E-state index >= 15 is 0 Å². The number of aliphatic carboxylic acids is 1. The highest BCUT2D eigenvalue weighted by Gasteiger charge is 2.38. The van der Waals surface area contributed by atoms with Crippen LogP contribution in [-0.2, 0) is 19.6 Å². The maximum atomic E-state index is 13.5. The Morgan fingerprint density at radius 2 is 1.55 bits per heavy atom. The number of benzene rings is 1. The molecule has 2 heterocycles. The van der Waals surface area contributed by atoms with Gasteiger partial charge in [0, 0.05) is 71.9 Å². The smallest absolute Gasteiger partial charge is 0.475 e. The average molecular weight is 594 g/mol. The van der Waals surface area contributed by atoms with Crippen LogP contribution in [0.2, 0.25) is 0 Å². The molecule has 0 aliphatic carbocycles. The van der Waals surface area contributed by atoms with Gasteiger partial charge in [0.15, 0.2) is 0 Å². The molecule has 40 heavy (non-hydrogen) atoms. The van der Waals surface area contributed by atoms with Gasteiger partial charge in [0.05, 0.1) is 4.90 Å². The van der Waals surface area contributed by atoms with Crippen molar-refractivity contribution in [2.45, 2.75) is 43.7 Å². The van der Waals surface area contributed by atoms with E-state index in [0.717, 1.165) is 57.8 Å². The molecule has 0 unspecified atom stereocenters. The highest BCUT2D eigenvalue weighted by atomic mass is 32.2. The zero-order valence-corrected chi connectivity index (χ0v) is 24.3. The lowest BCUT2D eigenvalue weighted by atomic mass is 10.0. The highest BCUT2D eigenvalue weighted by Crippen LogP contribution is 2.21. The largest absolute Gasteiger partial charge is 0.490 e. The fraction of sp³-hybridized carbons (Fsp3) is 0.692. The maximum Gasteiger partial charge on any atom is 0.490 e. The van der Waals surface area contributed by atoms with Crippen molar-refractivity contribution < 1.29 is 36.3 Å². The number of likely N-dealkylation sites (N-methyl/N-ethyl adjacent to an activating group) is 1. The zero-order valence-electron chi connectivity index (χ0n) is 23.5. The third-order valence-corrected chi connectivity index (χ3v) is 8.86. The number of halogens is 3. The molecule has 3 rings (SSSR count). The van der Waals surface area contributed by atoms with Crippen LogP contribution in [0.25, 0.3) is 0 Å². The molecule has 0 radical (unpaired) electrons. The fourth-order valence-electron chi connectivity index (χ4n) is 4.36. The van der Waals surface area contributed by atoms with Crippen molar-refractivity contribution in [1.82, 2.24) is 24.3 Å². The number of rotatable bonds is 10. The number of carboxylic acids is 1. The number of amides is 1. The minimum atomic E-state index is -5.08. The van der Waals surface area contributed by atoms with Gasteiger partial charge in [-0.2, -0.15) is 17.5 Å². The first-order chi connectivity index (χ1) is 18.7. The molecule has 1 amide bonds. The van der Waals surface area contributed by atoms with Crippen LogP contribution in [0.1, 0.15) is 38.2 Å². The van der Waals surface area contributed by atoms with Gasteiger partial charge in [-0.05, 0) is 43.6 Å². The summed E-state index contributed by atoms with van der Waals surface area (Å²) in [5.41, 5.74) is 1.12. The summed E-state index contributed by atoms with van der Waals surface area (Å²) >= 11 is 0. The minimum Gasteiger partial charge on any atom is -0.475 e. The molecule has 1 aromatic rings. The van der Waals surface area contributed by atoms with Crippen LogP contribution in [0.4, 0.5) is 13.2 Å². The molecule has 1 aromatic carbocycles. The normalized spacial score (nSPS) is 17.6. The Bertz CT molecular complexity index is 1040. The van der Waals surface area contributed by atoms with E-state index in [1.165, 1.54) is 4.31 Å². The van der Waals surface area contributed by atoms with E-state index < -0.39 is 22.2 Å². The number of hydrogen-bond acceptors (Lipinski definition) is 7. The van der Waals surface area contributed by atoms with Crippen molar-refractivity contribution in [3.8, 4) is 0 Å². The summed E-state index contributed by atoms with van der Waals surface area (Å²) in [6.07, 6.45) is -4.10. The minimum absolute atomic E-state index is 0.0333. The van der Waals surface area contributed by atoms with Crippen molar-refractivity contribution in [3.63, 3.8) is 0 Å². The number of carbonyl (C=O) groups excluding carboxylic acids is 1. The van der Waals surface area contributed by atoms with Gasteiger partial charge in [-0.25, -0.2) is 13.2 Å². The number of nitrogens with zero attached hydrogens (tertiary/aromatic N) is 4. The predicted octanol–water partition coefficient (Wildman–Crippen LogP) is 1.89. The van der Waals surface area contributed by atoms with Gasteiger partial charge in [-0.3, -0.25) is 4.79 Å². The van der Waals surface area contributed by atoms with Crippen LogP contribution < -0.4 is 5.32 Å². The van der Waals surface area contributed by atoms with Gasteiger partial charge in [-0.1, -0.05) is 26.0 Å². The Labute approximate surface area is 235 Å². The summed E-state index contributed by atoms with van der Waals surface area (Å²) in [6.45, 7) is 12.8. The van der Waals surface area contributed by atoms with Gasteiger partial charge in [-0.15, -0.1) is 0 Å². The molecule has 2 aliphatic rings. The first-order valence-electron chi connectivity index (χ1n) is 13.5. The van der Waals surface area contributed by atoms with Gasteiger partial charge >= 0.3 is 12.1 Å². The molecule has 14 heteroatoms. The monoisotopic (exact) mass is 593 g/mol. The molecule has 2 fully saturated rings.